The minimum Gasteiger partial charge on any atom is -0.436 e. The summed E-state index contributed by atoms with van der Waals surface area (Å²) in [6, 6.07) is 55.9. The summed E-state index contributed by atoms with van der Waals surface area (Å²) in [5, 5.41) is 4.93. The fourth-order valence-electron chi connectivity index (χ4n) is 6.93. The molecule has 0 N–H and O–H groups in total. The molecule has 3 heterocycles. The van der Waals surface area contributed by atoms with Crippen LogP contribution < -0.4 is 4.90 Å². The zero-order valence-corrected chi connectivity index (χ0v) is 27.3. The van der Waals surface area contributed by atoms with Crippen molar-refractivity contribution >= 4 is 91.2 Å². The summed E-state index contributed by atoms with van der Waals surface area (Å²) < 4.78 is 11.5. The Kier molecular flexibility index (Phi) is 6.22. The normalized spacial score (nSPS) is 11.8. The Morgan fingerprint density at radius 2 is 1.12 bits per heavy atom. The van der Waals surface area contributed by atoms with Crippen molar-refractivity contribution in [2.75, 3.05) is 4.90 Å². The lowest BCUT2D eigenvalue weighted by Gasteiger charge is -2.26. The molecule has 3 aromatic heterocycles. The highest BCUT2D eigenvalue weighted by molar-refractivity contribution is 7.26. The second-order valence-electron chi connectivity index (χ2n) is 11.9. The molecular formula is C43H26N2OS2. The van der Waals surface area contributed by atoms with E-state index in [1.54, 1.807) is 0 Å². The molecule has 226 valence electrons. The van der Waals surface area contributed by atoms with Gasteiger partial charge in [-0.05, 0) is 72.3 Å². The van der Waals surface area contributed by atoms with Crippen LogP contribution in [-0.2, 0) is 0 Å². The van der Waals surface area contributed by atoms with Crippen LogP contribution in [0.4, 0.5) is 17.1 Å². The number of rotatable bonds is 5. The van der Waals surface area contributed by atoms with Gasteiger partial charge in [-0.1, -0.05) is 91.0 Å². The van der Waals surface area contributed by atoms with Gasteiger partial charge in [-0.3, -0.25) is 0 Å². The van der Waals surface area contributed by atoms with Crippen molar-refractivity contribution in [3.8, 4) is 22.6 Å². The zero-order chi connectivity index (χ0) is 31.6. The monoisotopic (exact) mass is 650 g/mol. The molecule has 0 bridgehead atoms. The topological polar surface area (TPSA) is 29.3 Å². The van der Waals surface area contributed by atoms with E-state index in [2.05, 4.69) is 132 Å². The summed E-state index contributed by atoms with van der Waals surface area (Å²) in [6.45, 7) is 0. The Morgan fingerprint density at radius 3 is 1.90 bits per heavy atom. The average Bonchev–Trinajstić information content (AvgIpc) is 3.86. The summed E-state index contributed by atoms with van der Waals surface area (Å²) in [5.41, 5.74) is 8.37. The van der Waals surface area contributed by atoms with Gasteiger partial charge in [-0.25, -0.2) is 4.98 Å². The van der Waals surface area contributed by atoms with Crippen molar-refractivity contribution < 1.29 is 4.42 Å². The number of fused-ring (bicyclic) bond motifs is 8. The number of para-hydroxylation sites is 1. The van der Waals surface area contributed by atoms with Crippen molar-refractivity contribution in [3.63, 3.8) is 0 Å². The Bertz CT molecular complexity index is 2780. The molecule has 0 unspecified atom stereocenters. The zero-order valence-electron chi connectivity index (χ0n) is 25.6. The highest BCUT2D eigenvalue weighted by atomic mass is 32.1. The third kappa shape index (κ3) is 4.29. The van der Waals surface area contributed by atoms with E-state index in [0.717, 1.165) is 44.6 Å². The van der Waals surface area contributed by atoms with Crippen molar-refractivity contribution in [2.24, 2.45) is 0 Å². The van der Waals surface area contributed by atoms with Crippen LogP contribution in [-0.4, -0.2) is 4.98 Å². The first-order valence-electron chi connectivity index (χ1n) is 16.0. The highest BCUT2D eigenvalue weighted by Crippen LogP contribution is 2.47. The largest absolute Gasteiger partial charge is 0.436 e. The molecular weight excluding hydrogens is 625 g/mol. The van der Waals surface area contributed by atoms with Gasteiger partial charge in [-0.15, -0.1) is 22.7 Å². The molecule has 0 saturated heterocycles. The molecule has 5 heteroatoms. The quantitative estimate of drug-likeness (QED) is 0.186. The predicted molar refractivity (Wildman–Crippen MR) is 205 cm³/mol. The minimum absolute atomic E-state index is 0.642. The first-order chi connectivity index (χ1) is 23.8. The van der Waals surface area contributed by atoms with Gasteiger partial charge in [0.15, 0.2) is 5.58 Å². The van der Waals surface area contributed by atoms with Crippen LogP contribution in [0.3, 0.4) is 0 Å². The lowest BCUT2D eigenvalue weighted by atomic mass is 10.0. The highest BCUT2D eigenvalue weighted by Gasteiger charge is 2.21. The third-order valence-electron chi connectivity index (χ3n) is 9.10. The molecule has 48 heavy (non-hydrogen) atoms. The van der Waals surface area contributed by atoms with Gasteiger partial charge in [0.05, 0.1) is 5.69 Å². The smallest absolute Gasteiger partial charge is 0.227 e. The van der Waals surface area contributed by atoms with E-state index in [1.165, 1.54) is 40.6 Å². The second kappa shape index (κ2) is 10.9. The van der Waals surface area contributed by atoms with E-state index in [-0.39, 0.29) is 0 Å². The van der Waals surface area contributed by atoms with Crippen molar-refractivity contribution in [2.45, 2.75) is 0 Å². The number of thiophene rings is 2. The third-order valence-corrected chi connectivity index (χ3v) is 11.4. The Balaban J connectivity index is 1.16. The van der Waals surface area contributed by atoms with E-state index in [0.29, 0.717) is 5.89 Å². The number of aromatic nitrogens is 1. The van der Waals surface area contributed by atoms with E-state index in [9.17, 15) is 0 Å². The molecule has 0 spiro atoms. The summed E-state index contributed by atoms with van der Waals surface area (Å²) in [6.07, 6.45) is 0. The second-order valence-corrected chi connectivity index (χ2v) is 14.1. The molecule has 0 amide bonds. The van der Waals surface area contributed by atoms with Crippen molar-refractivity contribution in [1.82, 2.24) is 4.98 Å². The van der Waals surface area contributed by atoms with Crippen LogP contribution >= 0.6 is 22.7 Å². The van der Waals surface area contributed by atoms with Gasteiger partial charge in [0.25, 0.3) is 0 Å². The molecule has 0 aliphatic heterocycles. The molecule has 3 nitrogen and oxygen atoms in total. The van der Waals surface area contributed by atoms with Gasteiger partial charge in [0, 0.05) is 62.8 Å². The van der Waals surface area contributed by atoms with Crippen LogP contribution in [0, 0.1) is 0 Å². The Labute approximate surface area is 284 Å². The van der Waals surface area contributed by atoms with Crippen LogP contribution in [0.1, 0.15) is 0 Å². The SMILES string of the molecule is c1ccc(-c2nc3c(cc(-c4ccc(N(c5ccccc5)c5cccc6sc7ccccc7c56)cc4)c4sc5ccccc5c43)o2)cc1. The lowest BCUT2D eigenvalue weighted by Crippen LogP contribution is -2.10. The summed E-state index contributed by atoms with van der Waals surface area (Å²) in [7, 11) is 0. The lowest BCUT2D eigenvalue weighted by molar-refractivity contribution is 0.620. The van der Waals surface area contributed by atoms with Crippen LogP contribution in [0.2, 0.25) is 0 Å². The first kappa shape index (κ1) is 27.4. The number of anilines is 3. The van der Waals surface area contributed by atoms with Crippen LogP contribution in [0.15, 0.2) is 162 Å². The molecule has 0 saturated carbocycles. The van der Waals surface area contributed by atoms with E-state index in [1.807, 2.05) is 53.0 Å². The number of nitrogens with zero attached hydrogens (tertiary/aromatic N) is 2. The maximum atomic E-state index is 6.47. The van der Waals surface area contributed by atoms with Crippen molar-refractivity contribution in [1.29, 1.82) is 0 Å². The van der Waals surface area contributed by atoms with Gasteiger partial charge < -0.3 is 9.32 Å². The Hall–Kier alpha value is -5.75. The van der Waals surface area contributed by atoms with Crippen LogP contribution in [0.5, 0.6) is 0 Å². The maximum absolute atomic E-state index is 6.47. The summed E-state index contributed by atoms with van der Waals surface area (Å²) >= 11 is 3.67. The van der Waals surface area contributed by atoms with E-state index in [4.69, 9.17) is 9.40 Å². The predicted octanol–water partition coefficient (Wildman–Crippen LogP) is 13.4. The fraction of sp³-hybridized carbons (Fsp3) is 0. The number of hydrogen-bond donors (Lipinski definition) is 0. The van der Waals surface area contributed by atoms with E-state index < -0.39 is 0 Å². The standard InChI is InChI=1S/C43H26N2OS2/c1-3-12-28(13-4-1)43-44-41-35(46-43)26-33(42-40(41)32-17-8-10-20-37(32)48-42)27-22-24-30(25-23-27)45(29-14-5-2-6-15-29)34-18-11-21-38-39(34)31-16-7-9-19-36(31)47-38/h1-26H. The number of hydrogen-bond acceptors (Lipinski definition) is 5. The van der Waals surface area contributed by atoms with Gasteiger partial charge in [0.1, 0.15) is 5.52 Å². The molecule has 0 aliphatic carbocycles. The van der Waals surface area contributed by atoms with E-state index >= 15 is 0 Å². The van der Waals surface area contributed by atoms with Crippen LogP contribution in [0.25, 0.3) is 74.0 Å². The molecule has 0 radical (unpaired) electrons. The van der Waals surface area contributed by atoms with Crippen molar-refractivity contribution in [3.05, 3.63) is 158 Å². The van der Waals surface area contributed by atoms with Gasteiger partial charge in [-0.2, -0.15) is 0 Å². The first-order valence-corrected chi connectivity index (χ1v) is 17.6. The molecule has 10 aromatic rings. The molecule has 10 rings (SSSR count). The molecule has 0 aliphatic rings. The minimum atomic E-state index is 0.642. The fourth-order valence-corrected chi connectivity index (χ4v) is 9.30. The average molecular weight is 651 g/mol. The van der Waals surface area contributed by atoms with Gasteiger partial charge in [0.2, 0.25) is 5.89 Å². The molecule has 0 fully saturated rings. The molecule has 0 atom stereocenters. The summed E-state index contributed by atoms with van der Waals surface area (Å²) in [5.74, 6) is 0.642. The number of oxazole rings is 1. The maximum Gasteiger partial charge on any atom is 0.227 e. The van der Waals surface area contributed by atoms with Gasteiger partial charge >= 0.3 is 0 Å². The molecule has 7 aromatic carbocycles. The summed E-state index contributed by atoms with van der Waals surface area (Å²) in [4.78, 5) is 7.43. The number of benzene rings is 7. The Morgan fingerprint density at radius 1 is 0.500 bits per heavy atom.